The van der Waals surface area contributed by atoms with Gasteiger partial charge in [0.1, 0.15) is 0 Å². The predicted molar refractivity (Wildman–Crippen MR) is 157 cm³/mol. The zero-order valence-corrected chi connectivity index (χ0v) is 22.5. The number of hydrogen-bond acceptors (Lipinski definition) is 5. The number of H-pyrrole nitrogens is 1. The summed E-state index contributed by atoms with van der Waals surface area (Å²) in [6.45, 7) is 4.91. The Morgan fingerprint density at radius 3 is 2.00 bits per heavy atom. The predicted octanol–water partition coefficient (Wildman–Crippen LogP) is 7.08. The first-order chi connectivity index (χ1) is 19.1. The van der Waals surface area contributed by atoms with Crippen LogP contribution in [0.1, 0.15) is 29.2 Å². The Morgan fingerprint density at radius 2 is 1.38 bits per heavy atom. The van der Waals surface area contributed by atoms with Crippen LogP contribution in [0.3, 0.4) is 0 Å². The minimum atomic E-state index is 0.0408. The molecule has 6 nitrogen and oxygen atoms in total. The van der Waals surface area contributed by atoms with Gasteiger partial charge in [-0.2, -0.15) is 0 Å². The first kappa shape index (κ1) is 26.1. The average Bonchev–Trinajstić information content (AvgIpc) is 3.30. The molecule has 6 heteroatoms. The molecule has 0 unspecified atom stereocenters. The monoisotopic (exact) mass is 519 g/mol. The van der Waals surface area contributed by atoms with Gasteiger partial charge in [-0.3, -0.25) is 4.90 Å². The highest BCUT2D eigenvalue weighted by molar-refractivity contribution is 6.22. The van der Waals surface area contributed by atoms with Gasteiger partial charge in [0.25, 0.3) is 0 Å². The van der Waals surface area contributed by atoms with E-state index in [2.05, 4.69) is 53.2 Å². The van der Waals surface area contributed by atoms with Gasteiger partial charge in [0.2, 0.25) is 0 Å². The number of aliphatic imine (C=N–C) groups is 1. The van der Waals surface area contributed by atoms with E-state index in [0.717, 1.165) is 41.8 Å². The molecule has 0 atom stereocenters. The lowest BCUT2D eigenvalue weighted by molar-refractivity contribution is 0.271. The summed E-state index contributed by atoms with van der Waals surface area (Å²) >= 11 is 0. The smallest absolute Gasteiger partial charge is 0.199 e. The molecule has 1 heterocycles. The molecule has 0 spiro atoms. The highest BCUT2D eigenvalue weighted by Crippen LogP contribution is 2.38. The van der Waals surface area contributed by atoms with E-state index >= 15 is 0 Å². The van der Waals surface area contributed by atoms with Crippen molar-refractivity contribution in [2.24, 2.45) is 4.99 Å². The van der Waals surface area contributed by atoms with Crippen LogP contribution in [0.15, 0.2) is 102 Å². The molecule has 0 saturated carbocycles. The van der Waals surface area contributed by atoms with Crippen LogP contribution in [-0.2, 0) is 13.1 Å². The number of fused-ring (bicyclic) bond motifs is 1. The van der Waals surface area contributed by atoms with Gasteiger partial charge in [0, 0.05) is 30.1 Å². The van der Waals surface area contributed by atoms with Crippen molar-refractivity contribution in [3.63, 3.8) is 0 Å². The summed E-state index contributed by atoms with van der Waals surface area (Å²) in [5.41, 5.74) is 6.24. The Labute approximate surface area is 229 Å². The maximum atomic E-state index is 11.0. The number of nitrogens with one attached hydrogen (secondary N) is 1. The van der Waals surface area contributed by atoms with Crippen LogP contribution in [0.5, 0.6) is 17.4 Å². The summed E-state index contributed by atoms with van der Waals surface area (Å²) < 4.78 is 11.0. The van der Waals surface area contributed by atoms with Crippen molar-refractivity contribution in [3.8, 4) is 17.4 Å². The van der Waals surface area contributed by atoms with Crippen molar-refractivity contribution in [2.45, 2.75) is 20.0 Å². The van der Waals surface area contributed by atoms with Gasteiger partial charge in [0.05, 0.1) is 36.7 Å². The van der Waals surface area contributed by atoms with E-state index in [4.69, 9.17) is 14.5 Å². The average molecular weight is 520 g/mol. The van der Waals surface area contributed by atoms with E-state index < -0.39 is 0 Å². The molecule has 0 amide bonds. The first-order valence-electron chi connectivity index (χ1n) is 13.1. The molecule has 0 aliphatic rings. The minimum absolute atomic E-state index is 0.0408. The fourth-order valence-corrected chi connectivity index (χ4v) is 4.79. The quantitative estimate of drug-likeness (QED) is 0.193. The number of aromatic amines is 1. The van der Waals surface area contributed by atoms with Crippen molar-refractivity contribution in [1.82, 2.24) is 9.88 Å². The lowest BCUT2D eigenvalue weighted by Crippen LogP contribution is -2.22. The molecule has 39 heavy (non-hydrogen) atoms. The van der Waals surface area contributed by atoms with Crippen molar-refractivity contribution in [3.05, 3.63) is 119 Å². The summed E-state index contributed by atoms with van der Waals surface area (Å²) in [7, 11) is 3.19. The second kappa shape index (κ2) is 11.9. The molecule has 4 aromatic carbocycles. The zero-order chi connectivity index (χ0) is 27.2. The molecular weight excluding hydrogens is 486 g/mol. The van der Waals surface area contributed by atoms with Crippen molar-refractivity contribution in [1.29, 1.82) is 0 Å². The van der Waals surface area contributed by atoms with Crippen LogP contribution in [0.4, 0.5) is 5.69 Å². The van der Waals surface area contributed by atoms with Gasteiger partial charge in [-0.15, -0.1) is 0 Å². The van der Waals surface area contributed by atoms with Crippen molar-refractivity contribution in [2.75, 3.05) is 20.8 Å². The fourth-order valence-electron chi connectivity index (χ4n) is 4.79. The van der Waals surface area contributed by atoms with Gasteiger partial charge in [-0.25, -0.2) is 4.99 Å². The van der Waals surface area contributed by atoms with Gasteiger partial charge in [-0.05, 0) is 35.9 Å². The number of aromatic nitrogens is 1. The van der Waals surface area contributed by atoms with Crippen molar-refractivity contribution < 1.29 is 14.6 Å². The summed E-state index contributed by atoms with van der Waals surface area (Å²) in [6.07, 6.45) is 0. The Kier molecular flexibility index (Phi) is 7.94. The number of aromatic hydroxyl groups is 1. The van der Waals surface area contributed by atoms with Gasteiger partial charge >= 0.3 is 0 Å². The van der Waals surface area contributed by atoms with E-state index in [1.54, 1.807) is 14.2 Å². The zero-order valence-electron chi connectivity index (χ0n) is 22.5. The maximum absolute atomic E-state index is 11.0. The van der Waals surface area contributed by atoms with E-state index in [-0.39, 0.29) is 5.88 Å². The summed E-state index contributed by atoms with van der Waals surface area (Å²) in [6, 6.07) is 32.4. The summed E-state index contributed by atoms with van der Waals surface area (Å²) in [4.78, 5) is 10.5. The molecule has 5 aromatic rings. The molecule has 0 aliphatic carbocycles. The molecule has 0 bridgehead atoms. The molecule has 0 aliphatic heterocycles. The molecular formula is C33H33N3O3. The topological polar surface area (TPSA) is 70.1 Å². The van der Waals surface area contributed by atoms with Crippen LogP contribution >= 0.6 is 0 Å². The van der Waals surface area contributed by atoms with Gasteiger partial charge in [-0.1, -0.05) is 79.7 Å². The lowest BCUT2D eigenvalue weighted by atomic mass is 10.0. The minimum Gasteiger partial charge on any atom is -0.494 e. The largest absolute Gasteiger partial charge is 0.494 e. The molecule has 0 saturated heterocycles. The molecule has 5 rings (SSSR count). The number of hydrogen-bond donors (Lipinski definition) is 2. The normalized spacial score (nSPS) is 11.7. The molecule has 198 valence electrons. The van der Waals surface area contributed by atoms with Crippen LogP contribution in [0, 0.1) is 0 Å². The standard InChI is InChI=1S/C33H33N3O3/c1-4-36(21-23-11-7-5-8-12-23)22-24-15-17-26(18-16-24)34-32(25-13-9-6-10-14-25)31-27-19-29(38-2)30(39-3)20-28(27)35-33(31)37/h5-20,35,37H,4,21-22H2,1-3H3. The van der Waals surface area contributed by atoms with Gasteiger partial charge in [0.15, 0.2) is 17.4 Å². The number of benzene rings is 4. The lowest BCUT2D eigenvalue weighted by Gasteiger charge is -2.20. The van der Waals surface area contributed by atoms with E-state index in [1.807, 2.05) is 60.7 Å². The van der Waals surface area contributed by atoms with Crippen LogP contribution < -0.4 is 9.47 Å². The SMILES string of the molecule is CCN(Cc1ccccc1)Cc1ccc(N=C(c2ccccc2)c2c(O)[nH]c3cc(OC)c(OC)cc23)cc1. The number of ether oxygens (including phenoxy) is 2. The Bertz CT molecular complexity index is 1560. The second-order valence-electron chi connectivity index (χ2n) is 9.38. The molecule has 1 aromatic heterocycles. The number of methoxy groups -OCH3 is 2. The molecule has 0 radical (unpaired) electrons. The van der Waals surface area contributed by atoms with Gasteiger partial charge < -0.3 is 19.6 Å². The summed E-state index contributed by atoms with van der Waals surface area (Å²) in [5, 5.41) is 11.8. The third-order valence-corrected chi connectivity index (χ3v) is 6.85. The Hall–Kier alpha value is -4.55. The molecule has 0 fully saturated rings. The first-order valence-corrected chi connectivity index (χ1v) is 13.1. The van der Waals surface area contributed by atoms with E-state index in [1.165, 1.54) is 11.1 Å². The highest BCUT2D eigenvalue weighted by atomic mass is 16.5. The molecule has 2 N–H and O–H groups in total. The third-order valence-electron chi connectivity index (χ3n) is 6.85. The van der Waals surface area contributed by atoms with Crippen LogP contribution in [0.2, 0.25) is 0 Å². The number of rotatable bonds is 10. The van der Waals surface area contributed by atoms with Crippen LogP contribution in [0.25, 0.3) is 10.9 Å². The third kappa shape index (κ3) is 5.81. The maximum Gasteiger partial charge on any atom is 0.199 e. The summed E-state index contributed by atoms with van der Waals surface area (Å²) in [5.74, 6) is 1.21. The van der Waals surface area contributed by atoms with E-state index in [9.17, 15) is 5.11 Å². The Balaban J connectivity index is 1.50. The van der Waals surface area contributed by atoms with Crippen molar-refractivity contribution >= 4 is 22.3 Å². The Morgan fingerprint density at radius 1 is 0.795 bits per heavy atom. The highest BCUT2D eigenvalue weighted by Gasteiger charge is 2.21. The number of nitrogens with zero attached hydrogens (tertiary/aromatic N) is 2. The fraction of sp³-hybridized carbons (Fsp3) is 0.182. The second-order valence-corrected chi connectivity index (χ2v) is 9.38. The van der Waals surface area contributed by atoms with Crippen LogP contribution in [-0.4, -0.2) is 41.5 Å². The van der Waals surface area contributed by atoms with E-state index in [0.29, 0.717) is 22.8 Å².